The summed E-state index contributed by atoms with van der Waals surface area (Å²) in [4.78, 5) is 22.0. The number of nitro groups is 1. The van der Waals surface area contributed by atoms with Crippen LogP contribution in [0.4, 0.5) is 5.69 Å². The highest BCUT2D eigenvalue weighted by Crippen LogP contribution is 2.17. The van der Waals surface area contributed by atoms with Crippen LogP contribution >= 0.6 is 0 Å². The summed E-state index contributed by atoms with van der Waals surface area (Å²) in [5, 5.41) is 10.6. The smallest absolute Gasteiger partial charge is 0.338 e. The Morgan fingerprint density at radius 3 is 1.08 bits per heavy atom. The van der Waals surface area contributed by atoms with E-state index in [4.69, 9.17) is 56.8 Å². The van der Waals surface area contributed by atoms with Crippen molar-refractivity contribution in [2.24, 2.45) is 0 Å². The molecule has 51 heavy (non-hydrogen) atoms. The predicted molar refractivity (Wildman–Crippen MR) is 184 cm³/mol. The van der Waals surface area contributed by atoms with Gasteiger partial charge in [-0.25, -0.2) is 4.79 Å². The van der Waals surface area contributed by atoms with Gasteiger partial charge in [0.15, 0.2) is 0 Å². The Bertz CT molecular complexity index is 1090. The standard InChI is InChI=1S/C35H53NO15/c37-35(32-4-2-1-3-5-32)51-31-29-49-27-25-47-23-21-45-19-17-43-15-13-41-11-10-40-12-14-42-16-18-44-20-22-46-24-26-48-28-30-50-34-8-6-33(7-9-34)36(38)39/h1-9H,10-31H2. The van der Waals surface area contributed by atoms with Crippen molar-refractivity contribution in [3.05, 3.63) is 70.3 Å². The van der Waals surface area contributed by atoms with E-state index in [1.54, 1.807) is 36.4 Å². The number of carbonyl (C=O) groups excluding carboxylic acids is 1. The van der Waals surface area contributed by atoms with Gasteiger partial charge in [-0.15, -0.1) is 0 Å². The normalized spacial score (nSPS) is 11.1. The monoisotopic (exact) mass is 727 g/mol. The van der Waals surface area contributed by atoms with Crippen LogP contribution < -0.4 is 4.74 Å². The first-order valence-electron chi connectivity index (χ1n) is 17.0. The molecule has 0 radical (unpaired) electrons. The third-order valence-electron chi connectivity index (χ3n) is 6.36. The quantitative estimate of drug-likeness (QED) is 0.0434. The highest BCUT2D eigenvalue weighted by atomic mass is 16.6. The van der Waals surface area contributed by atoms with Gasteiger partial charge in [0, 0.05) is 12.1 Å². The van der Waals surface area contributed by atoms with Crippen molar-refractivity contribution >= 4 is 11.7 Å². The van der Waals surface area contributed by atoms with E-state index < -0.39 is 4.92 Å². The number of benzene rings is 2. The zero-order valence-corrected chi connectivity index (χ0v) is 29.3. The van der Waals surface area contributed by atoms with Crippen LogP contribution in [0, 0.1) is 10.1 Å². The molecule has 0 fully saturated rings. The minimum absolute atomic E-state index is 0.0217. The summed E-state index contributed by atoms with van der Waals surface area (Å²) in [5.74, 6) is 0.188. The fraction of sp³-hybridized carbons (Fsp3) is 0.629. The number of ether oxygens (including phenoxy) is 12. The number of hydrogen-bond acceptors (Lipinski definition) is 15. The number of carbonyl (C=O) groups is 1. The fourth-order valence-electron chi connectivity index (χ4n) is 3.81. The highest BCUT2D eigenvalue weighted by molar-refractivity contribution is 5.89. The van der Waals surface area contributed by atoms with Crippen LogP contribution in [0.2, 0.25) is 0 Å². The van der Waals surface area contributed by atoms with Gasteiger partial charge in [0.25, 0.3) is 5.69 Å². The van der Waals surface area contributed by atoms with Gasteiger partial charge in [-0.05, 0) is 24.3 Å². The lowest BCUT2D eigenvalue weighted by molar-refractivity contribution is -0.384. The summed E-state index contributed by atoms with van der Waals surface area (Å²) in [6.07, 6.45) is 0. The number of esters is 1. The summed E-state index contributed by atoms with van der Waals surface area (Å²) in [6, 6.07) is 14.7. The van der Waals surface area contributed by atoms with Gasteiger partial charge in [0.2, 0.25) is 0 Å². The van der Waals surface area contributed by atoms with E-state index in [9.17, 15) is 14.9 Å². The first-order chi connectivity index (χ1) is 25.2. The van der Waals surface area contributed by atoms with E-state index in [-0.39, 0.29) is 18.3 Å². The Morgan fingerprint density at radius 1 is 0.431 bits per heavy atom. The molecule has 0 N–H and O–H groups in total. The van der Waals surface area contributed by atoms with Crippen molar-refractivity contribution in [2.45, 2.75) is 0 Å². The summed E-state index contributed by atoms with van der Waals surface area (Å²) in [7, 11) is 0. The maximum absolute atomic E-state index is 11.8. The second-order valence-corrected chi connectivity index (χ2v) is 10.2. The van der Waals surface area contributed by atoms with Crippen LogP contribution in [0.1, 0.15) is 10.4 Å². The zero-order valence-electron chi connectivity index (χ0n) is 29.3. The molecular weight excluding hydrogens is 674 g/mol. The lowest BCUT2D eigenvalue weighted by atomic mass is 10.2. The molecule has 0 spiro atoms. The van der Waals surface area contributed by atoms with E-state index in [1.165, 1.54) is 12.1 Å². The molecule has 2 rings (SSSR count). The maximum atomic E-state index is 11.8. The molecule has 16 nitrogen and oxygen atoms in total. The molecule has 0 heterocycles. The molecule has 0 bridgehead atoms. The molecule has 0 atom stereocenters. The van der Waals surface area contributed by atoms with Crippen molar-refractivity contribution in [1.29, 1.82) is 0 Å². The summed E-state index contributed by atoms with van der Waals surface area (Å²) < 4.78 is 65.1. The molecule has 0 aliphatic rings. The highest BCUT2D eigenvalue weighted by Gasteiger charge is 2.06. The Balaban J connectivity index is 1.16. The van der Waals surface area contributed by atoms with Crippen LogP contribution in [0.15, 0.2) is 54.6 Å². The van der Waals surface area contributed by atoms with Gasteiger partial charge < -0.3 is 56.8 Å². The Hall–Kier alpha value is -3.29. The van der Waals surface area contributed by atoms with Crippen molar-refractivity contribution in [3.63, 3.8) is 0 Å². The van der Waals surface area contributed by atoms with Crippen LogP contribution in [-0.4, -0.2) is 156 Å². The Labute approximate surface area is 299 Å². The predicted octanol–water partition coefficient (Wildman–Crippen LogP) is 3.00. The molecule has 2 aromatic carbocycles. The van der Waals surface area contributed by atoms with Gasteiger partial charge in [0.05, 0.1) is 143 Å². The van der Waals surface area contributed by atoms with Gasteiger partial charge in [-0.1, -0.05) is 18.2 Å². The van der Waals surface area contributed by atoms with Crippen molar-refractivity contribution in [3.8, 4) is 5.75 Å². The molecule has 2 aromatic rings. The molecule has 0 saturated carbocycles. The minimum atomic E-state index is -0.455. The molecule has 16 heteroatoms. The van der Waals surface area contributed by atoms with Crippen molar-refractivity contribution in [1.82, 2.24) is 0 Å². The summed E-state index contributed by atoms with van der Waals surface area (Å²) in [5.41, 5.74) is 0.541. The number of rotatable bonds is 36. The molecule has 0 aliphatic carbocycles. The van der Waals surface area contributed by atoms with E-state index >= 15 is 0 Å². The fourth-order valence-corrected chi connectivity index (χ4v) is 3.81. The molecule has 0 aliphatic heterocycles. The third kappa shape index (κ3) is 26.2. The van der Waals surface area contributed by atoms with Crippen LogP contribution in [-0.2, 0) is 52.1 Å². The second kappa shape index (κ2) is 32.6. The lowest BCUT2D eigenvalue weighted by Crippen LogP contribution is -2.15. The number of nitrogens with zero attached hydrogens (tertiary/aromatic N) is 1. The van der Waals surface area contributed by atoms with Crippen LogP contribution in [0.3, 0.4) is 0 Å². The zero-order chi connectivity index (χ0) is 36.3. The van der Waals surface area contributed by atoms with Gasteiger partial charge in [-0.2, -0.15) is 0 Å². The van der Waals surface area contributed by atoms with Crippen molar-refractivity contribution < 1.29 is 66.6 Å². The average Bonchev–Trinajstić information content (AvgIpc) is 3.15. The molecule has 0 saturated heterocycles. The minimum Gasteiger partial charge on any atom is -0.491 e. The lowest BCUT2D eigenvalue weighted by Gasteiger charge is -2.09. The average molecular weight is 728 g/mol. The SMILES string of the molecule is O=C(OCCOCCOCCOCCOCCOCCOCCOCCOCCOCCOCCOc1ccc([N+](=O)[O-])cc1)c1ccccc1. The number of hydrogen-bond donors (Lipinski definition) is 0. The van der Waals surface area contributed by atoms with E-state index in [0.717, 1.165) is 0 Å². The molecule has 0 aromatic heterocycles. The topological polar surface area (TPSA) is 171 Å². The largest absolute Gasteiger partial charge is 0.491 e. The number of non-ortho nitro benzene ring substituents is 1. The summed E-state index contributed by atoms with van der Waals surface area (Å²) in [6.45, 7) is 9.52. The van der Waals surface area contributed by atoms with Crippen LogP contribution in [0.25, 0.3) is 0 Å². The van der Waals surface area contributed by atoms with Crippen molar-refractivity contribution in [2.75, 3.05) is 145 Å². The van der Waals surface area contributed by atoms with Gasteiger partial charge in [-0.3, -0.25) is 10.1 Å². The first-order valence-corrected chi connectivity index (χ1v) is 17.0. The molecule has 0 amide bonds. The van der Waals surface area contributed by atoms with E-state index in [0.29, 0.717) is 150 Å². The number of nitro benzene ring substituents is 1. The Morgan fingerprint density at radius 2 is 0.745 bits per heavy atom. The van der Waals surface area contributed by atoms with Crippen LogP contribution in [0.5, 0.6) is 5.75 Å². The maximum Gasteiger partial charge on any atom is 0.338 e. The second-order valence-electron chi connectivity index (χ2n) is 10.2. The van der Waals surface area contributed by atoms with E-state index in [1.807, 2.05) is 6.07 Å². The third-order valence-corrected chi connectivity index (χ3v) is 6.36. The van der Waals surface area contributed by atoms with Gasteiger partial charge >= 0.3 is 5.97 Å². The first kappa shape index (κ1) is 43.9. The summed E-state index contributed by atoms with van der Waals surface area (Å²) >= 11 is 0. The molecular formula is C35H53NO15. The van der Waals surface area contributed by atoms with E-state index in [2.05, 4.69) is 0 Å². The molecule has 0 unspecified atom stereocenters. The molecule has 288 valence electrons. The van der Waals surface area contributed by atoms with Gasteiger partial charge in [0.1, 0.15) is 19.0 Å². The Kier molecular flexibility index (Phi) is 28.0.